The van der Waals surface area contributed by atoms with E-state index in [1.165, 1.54) is 25.7 Å². The predicted molar refractivity (Wildman–Crippen MR) is 104 cm³/mol. The van der Waals surface area contributed by atoms with Gasteiger partial charge in [0, 0.05) is 12.2 Å². The molecule has 0 amide bonds. The second-order valence-corrected chi connectivity index (χ2v) is 6.43. The quantitative estimate of drug-likeness (QED) is 0.628. The van der Waals surface area contributed by atoms with Crippen LogP contribution in [0.2, 0.25) is 0 Å². The van der Waals surface area contributed by atoms with E-state index >= 15 is 0 Å². The van der Waals surface area contributed by atoms with Crippen LogP contribution >= 0.6 is 0 Å². The minimum Gasteiger partial charge on any atom is -0.455 e. The van der Waals surface area contributed by atoms with Crippen LogP contribution < -0.4 is 15.4 Å². The zero-order chi connectivity index (χ0) is 17.6. The van der Waals surface area contributed by atoms with Crippen molar-refractivity contribution in [2.75, 3.05) is 10.6 Å². The monoisotopic (exact) mass is 346 g/mol. The maximum atomic E-state index is 5.99. The summed E-state index contributed by atoms with van der Waals surface area (Å²) in [6, 6.07) is 20.0. The summed E-state index contributed by atoms with van der Waals surface area (Å²) in [7, 11) is 0. The third kappa shape index (κ3) is 4.11. The van der Waals surface area contributed by atoms with Gasteiger partial charge in [-0.25, -0.2) is 4.98 Å². The number of rotatable bonds is 6. The van der Waals surface area contributed by atoms with Gasteiger partial charge in [-0.2, -0.15) is 4.98 Å². The fourth-order valence-electron chi connectivity index (χ4n) is 3.17. The summed E-state index contributed by atoms with van der Waals surface area (Å²) in [6.45, 7) is 0. The van der Waals surface area contributed by atoms with E-state index in [1.54, 1.807) is 6.20 Å². The Morgan fingerprint density at radius 2 is 1.65 bits per heavy atom. The molecule has 4 rings (SSSR count). The Morgan fingerprint density at radius 1 is 0.885 bits per heavy atom. The van der Waals surface area contributed by atoms with Crippen LogP contribution in [0.25, 0.3) is 0 Å². The van der Waals surface area contributed by atoms with E-state index in [1.807, 2.05) is 60.7 Å². The summed E-state index contributed by atoms with van der Waals surface area (Å²) in [4.78, 5) is 8.93. The van der Waals surface area contributed by atoms with Crippen molar-refractivity contribution in [3.8, 4) is 11.5 Å². The Bertz CT molecular complexity index is 847. The van der Waals surface area contributed by atoms with Gasteiger partial charge in [-0.1, -0.05) is 43.2 Å². The molecule has 1 aliphatic carbocycles. The van der Waals surface area contributed by atoms with E-state index in [0.29, 0.717) is 12.0 Å². The first-order valence-corrected chi connectivity index (χ1v) is 9.05. The number of para-hydroxylation sites is 3. The van der Waals surface area contributed by atoms with Crippen LogP contribution in [0.5, 0.6) is 11.5 Å². The number of anilines is 3. The summed E-state index contributed by atoms with van der Waals surface area (Å²) in [6.07, 6.45) is 6.77. The van der Waals surface area contributed by atoms with Crippen LogP contribution in [-0.2, 0) is 0 Å². The van der Waals surface area contributed by atoms with Crippen molar-refractivity contribution in [3.05, 3.63) is 66.9 Å². The molecule has 0 atom stereocenters. The number of hydrogen-bond donors (Lipinski definition) is 2. The number of aromatic nitrogens is 2. The highest BCUT2D eigenvalue weighted by Gasteiger charge is 2.15. The SMILES string of the molecule is c1ccc(Oc2ccccc2Nc2nccc(NC3CCCC3)n2)cc1. The minimum atomic E-state index is 0.520. The normalized spacial score (nSPS) is 14.2. The molecule has 1 fully saturated rings. The highest BCUT2D eigenvalue weighted by molar-refractivity contribution is 5.63. The number of hydrogen-bond acceptors (Lipinski definition) is 5. The molecule has 5 heteroatoms. The van der Waals surface area contributed by atoms with Crippen LogP contribution in [0.15, 0.2) is 66.9 Å². The molecule has 0 unspecified atom stereocenters. The topological polar surface area (TPSA) is 59.1 Å². The van der Waals surface area contributed by atoms with Gasteiger partial charge in [0.15, 0.2) is 5.75 Å². The molecule has 0 spiro atoms. The van der Waals surface area contributed by atoms with Crippen molar-refractivity contribution in [3.63, 3.8) is 0 Å². The Kier molecular flexibility index (Phi) is 4.96. The van der Waals surface area contributed by atoms with Gasteiger partial charge in [0.05, 0.1) is 5.69 Å². The minimum absolute atomic E-state index is 0.520. The van der Waals surface area contributed by atoms with Crippen LogP contribution in [-0.4, -0.2) is 16.0 Å². The smallest absolute Gasteiger partial charge is 0.229 e. The number of benzene rings is 2. The summed E-state index contributed by atoms with van der Waals surface area (Å²) in [5.74, 6) is 2.93. The average molecular weight is 346 g/mol. The van der Waals surface area contributed by atoms with Gasteiger partial charge in [0.1, 0.15) is 11.6 Å². The molecule has 2 aromatic carbocycles. The van der Waals surface area contributed by atoms with Crippen molar-refractivity contribution >= 4 is 17.5 Å². The molecule has 1 saturated carbocycles. The fraction of sp³-hybridized carbons (Fsp3) is 0.238. The van der Waals surface area contributed by atoms with Gasteiger partial charge < -0.3 is 15.4 Å². The Balaban J connectivity index is 1.50. The highest BCUT2D eigenvalue weighted by atomic mass is 16.5. The Morgan fingerprint density at radius 3 is 2.50 bits per heavy atom. The van der Waals surface area contributed by atoms with Gasteiger partial charge >= 0.3 is 0 Å². The van der Waals surface area contributed by atoms with E-state index in [4.69, 9.17) is 4.74 Å². The molecule has 0 aliphatic heterocycles. The van der Waals surface area contributed by atoms with Crippen LogP contribution in [0.4, 0.5) is 17.5 Å². The van der Waals surface area contributed by atoms with Crippen molar-refractivity contribution in [1.82, 2.24) is 9.97 Å². The molecule has 1 aromatic heterocycles. The predicted octanol–water partition coefficient (Wildman–Crippen LogP) is 5.37. The first-order valence-electron chi connectivity index (χ1n) is 9.05. The van der Waals surface area contributed by atoms with Crippen molar-refractivity contribution < 1.29 is 4.74 Å². The van der Waals surface area contributed by atoms with Gasteiger partial charge in [-0.05, 0) is 43.2 Å². The molecule has 1 aliphatic rings. The van der Waals surface area contributed by atoms with E-state index in [2.05, 4.69) is 20.6 Å². The summed E-state index contributed by atoms with van der Waals surface area (Å²) >= 11 is 0. The van der Waals surface area contributed by atoms with Crippen molar-refractivity contribution in [2.24, 2.45) is 0 Å². The lowest BCUT2D eigenvalue weighted by molar-refractivity contribution is 0.485. The molecule has 26 heavy (non-hydrogen) atoms. The number of nitrogens with zero attached hydrogens (tertiary/aromatic N) is 2. The van der Waals surface area contributed by atoms with E-state index in [9.17, 15) is 0 Å². The molecule has 0 bridgehead atoms. The Hall–Kier alpha value is -3.08. The van der Waals surface area contributed by atoms with Gasteiger partial charge in [-0.3, -0.25) is 0 Å². The number of ether oxygens (including phenoxy) is 1. The van der Waals surface area contributed by atoms with E-state index < -0.39 is 0 Å². The molecular formula is C21H22N4O. The molecule has 132 valence electrons. The standard InChI is InChI=1S/C21H22N4O/c1-2-10-17(11-3-1)26-19-13-7-6-12-18(19)24-21-22-15-14-20(25-21)23-16-8-4-5-9-16/h1-3,6-7,10-16H,4-5,8-9H2,(H2,22,23,24,25). The maximum absolute atomic E-state index is 5.99. The molecule has 2 N–H and O–H groups in total. The molecule has 5 nitrogen and oxygen atoms in total. The molecule has 0 radical (unpaired) electrons. The summed E-state index contributed by atoms with van der Waals surface area (Å²) in [5.41, 5.74) is 0.828. The third-order valence-corrected chi connectivity index (χ3v) is 4.47. The van der Waals surface area contributed by atoms with Crippen molar-refractivity contribution in [1.29, 1.82) is 0 Å². The second-order valence-electron chi connectivity index (χ2n) is 6.43. The second kappa shape index (κ2) is 7.87. The van der Waals surface area contributed by atoms with E-state index in [-0.39, 0.29) is 0 Å². The van der Waals surface area contributed by atoms with Crippen molar-refractivity contribution in [2.45, 2.75) is 31.7 Å². The first-order chi connectivity index (χ1) is 12.9. The maximum Gasteiger partial charge on any atom is 0.229 e. The largest absolute Gasteiger partial charge is 0.455 e. The zero-order valence-corrected chi connectivity index (χ0v) is 14.6. The molecule has 3 aromatic rings. The lowest BCUT2D eigenvalue weighted by Crippen LogP contribution is -2.15. The Labute approximate surface area is 153 Å². The van der Waals surface area contributed by atoms with Crippen LogP contribution in [0, 0.1) is 0 Å². The molecule has 0 saturated heterocycles. The third-order valence-electron chi connectivity index (χ3n) is 4.47. The highest BCUT2D eigenvalue weighted by Crippen LogP contribution is 2.31. The fourth-order valence-corrected chi connectivity index (χ4v) is 3.17. The number of nitrogens with one attached hydrogen (secondary N) is 2. The average Bonchev–Trinajstić information content (AvgIpc) is 3.18. The van der Waals surface area contributed by atoms with Crippen LogP contribution in [0.1, 0.15) is 25.7 Å². The van der Waals surface area contributed by atoms with Crippen LogP contribution in [0.3, 0.4) is 0 Å². The lowest BCUT2D eigenvalue weighted by atomic mass is 10.2. The molecule has 1 heterocycles. The summed E-state index contributed by atoms with van der Waals surface area (Å²) in [5, 5.41) is 6.77. The van der Waals surface area contributed by atoms with Gasteiger partial charge in [-0.15, -0.1) is 0 Å². The lowest BCUT2D eigenvalue weighted by Gasteiger charge is -2.14. The summed E-state index contributed by atoms with van der Waals surface area (Å²) < 4.78 is 5.99. The van der Waals surface area contributed by atoms with Gasteiger partial charge in [0.25, 0.3) is 0 Å². The van der Waals surface area contributed by atoms with Gasteiger partial charge in [0.2, 0.25) is 5.95 Å². The van der Waals surface area contributed by atoms with E-state index in [0.717, 1.165) is 23.0 Å². The first kappa shape index (κ1) is 16.4. The molecular weight excluding hydrogens is 324 g/mol. The zero-order valence-electron chi connectivity index (χ0n) is 14.6.